The topological polar surface area (TPSA) is 278 Å². The summed E-state index contributed by atoms with van der Waals surface area (Å²) < 4.78 is 0. The van der Waals surface area contributed by atoms with E-state index in [0.717, 1.165) is 23.3 Å². The predicted molar refractivity (Wildman–Crippen MR) is 191 cm³/mol. The summed E-state index contributed by atoms with van der Waals surface area (Å²) in [6.07, 6.45) is 1.81. The zero-order valence-corrected chi connectivity index (χ0v) is 27.9. The number of aliphatic carboxylic acids is 1. The van der Waals surface area contributed by atoms with E-state index in [4.69, 9.17) is 35.7 Å². The molecule has 0 aliphatic carbocycles. The van der Waals surface area contributed by atoms with Gasteiger partial charge in [0, 0.05) is 6.08 Å². The number of hydrogen-bond donors (Lipinski definition) is 7. The van der Waals surface area contributed by atoms with E-state index < -0.39 is 41.8 Å². The molecule has 54 heavy (non-hydrogen) atoms. The molecule has 0 fully saturated rings. The monoisotopic (exact) mass is 738 g/mol. The number of carboxylic acid groups (broad SMARTS) is 7. The Morgan fingerprint density at radius 1 is 0.352 bits per heavy atom. The van der Waals surface area contributed by atoms with Crippen LogP contribution in [-0.2, 0) is 9.59 Å². The van der Waals surface area contributed by atoms with Crippen LogP contribution in [0.15, 0.2) is 121 Å². The van der Waals surface area contributed by atoms with E-state index in [1.165, 1.54) is 79.7 Å². The molecule has 0 atom stereocenters. The molecule has 0 aliphatic heterocycles. The summed E-state index contributed by atoms with van der Waals surface area (Å²) in [5.74, 6) is -7.41. The van der Waals surface area contributed by atoms with E-state index in [1.54, 1.807) is 36.4 Å². The average molecular weight is 739 g/mol. The maximum atomic E-state index is 10.7. The number of rotatable bonds is 9. The zero-order chi connectivity index (χ0) is 40.5. The van der Waals surface area contributed by atoms with Gasteiger partial charge in [-0.15, -0.1) is 0 Å². The fourth-order valence-corrected chi connectivity index (χ4v) is 4.07. The molecule has 0 saturated heterocycles. The van der Waals surface area contributed by atoms with Gasteiger partial charge in [-0.1, -0.05) is 36.4 Å². The van der Waals surface area contributed by atoms with Crippen LogP contribution >= 0.6 is 0 Å². The van der Waals surface area contributed by atoms with Crippen molar-refractivity contribution in [3.63, 3.8) is 0 Å². The molecule has 0 amide bonds. The summed E-state index contributed by atoms with van der Waals surface area (Å²) >= 11 is 0. The van der Waals surface area contributed by atoms with Crippen LogP contribution in [0.25, 0.3) is 21.9 Å². The molecule has 0 radical (unpaired) electrons. The number of fused-ring (bicyclic) bond motifs is 1. The highest BCUT2D eigenvalue weighted by molar-refractivity contribution is 5.98. The van der Waals surface area contributed by atoms with Crippen molar-refractivity contribution in [1.29, 1.82) is 0 Å². The van der Waals surface area contributed by atoms with Crippen molar-refractivity contribution in [2.24, 2.45) is 0 Å². The number of benzene rings is 5. The number of allylic oxidation sites excluding steroid dienone is 1. The van der Waals surface area contributed by atoms with Gasteiger partial charge >= 0.3 is 41.8 Å². The van der Waals surface area contributed by atoms with Crippen molar-refractivity contribution in [3.05, 3.63) is 155 Å². The first-order valence-corrected chi connectivity index (χ1v) is 15.0. The number of carbonyl (C=O) groups excluding carboxylic acids is 1. The highest BCUT2D eigenvalue weighted by Crippen LogP contribution is 2.21. The number of carbonyl (C=O) groups is 8. The minimum absolute atomic E-state index is 0.0833. The summed E-state index contributed by atoms with van der Waals surface area (Å²) in [6.45, 7) is 1.29. The van der Waals surface area contributed by atoms with Gasteiger partial charge in [0.05, 0.1) is 33.4 Å². The molecule has 276 valence electrons. The maximum absolute atomic E-state index is 10.7. The first-order valence-electron chi connectivity index (χ1n) is 15.0. The molecule has 0 unspecified atom stereocenters. The molecule has 0 saturated carbocycles. The van der Waals surface area contributed by atoms with Crippen LogP contribution in [0.2, 0.25) is 0 Å². The third-order valence-electron chi connectivity index (χ3n) is 6.77. The van der Waals surface area contributed by atoms with Gasteiger partial charge in [-0.25, -0.2) is 33.6 Å². The van der Waals surface area contributed by atoms with Crippen molar-refractivity contribution in [3.8, 4) is 11.1 Å². The van der Waals surface area contributed by atoms with E-state index in [9.17, 15) is 38.4 Å². The lowest BCUT2D eigenvalue weighted by Crippen LogP contribution is -1.99. The number of hydrogen-bond acceptors (Lipinski definition) is 8. The van der Waals surface area contributed by atoms with Gasteiger partial charge in [0.1, 0.15) is 0 Å². The molecular weight excluding hydrogens is 708 g/mol. The fourth-order valence-electron chi connectivity index (χ4n) is 4.07. The van der Waals surface area contributed by atoms with Gasteiger partial charge in [0.15, 0.2) is 5.78 Å². The van der Waals surface area contributed by atoms with Crippen LogP contribution in [0.1, 0.15) is 69.1 Å². The van der Waals surface area contributed by atoms with E-state index >= 15 is 0 Å². The zero-order valence-electron chi connectivity index (χ0n) is 27.9. The van der Waals surface area contributed by atoms with Crippen molar-refractivity contribution in [2.75, 3.05) is 0 Å². The molecule has 7 N–H and O–H groups in total. The Labute approximate surface area is 304 Å². The highest BCUT2D eigenvalue weighted by atomic mass is 16.4. The molecule has 5 aromatic carbocycles. The molecule has 15 nitrogen and oxygen atoms in total. The van der Waals surface area contributed by atoms with E-state index in [0.29, 0.717) is 10.8 Å². The highest BCUT2D eigenvalue weighted by Gasteiger charge is 2.08. The molecule has 0 spiro atoms. The Hall–Kier alpha value is -7.94. The molecule has 5 rings (SSSR count). The third kappa shape index (κ3) is 13.8. The van der Waals surface area contributed by atoms with Crippen LogP contribution < -0.4 is 0 Å². The number of aromatic carboxylic acids is 6. The summed E-state index contributed by atoms with van der Waals surface area (Å²) in [5.41, 5.74) is 2.68. The summed E-state index contributed by atoms with van der Waals surface area (Å²) in [6, 6.07) is 27.0. The molecule has 5 aromatic rings. The molecule has 0 aromatic heterocycles. The van der Waals surface area contributed by atoms with E-state index in [2.05, 4.69) is 0 Å². The summed E-state index contributed by atoms with van der Waals surface area (Å²) in [7, 11) is 0. The fraction of sp³-hybridized carbons (Fsp3) is 0.0256. The van der Waals surface area contributed by atoms with Gasteiger partial charge < -0.3 is 35.7 Å². The van der Waals surface area contributed by atoms with Crippen molar-refractivity contribution in [2.45, 2.75) is 6.92 Å². The Morgan fingerprint density at radius 3 is 0.796 bits per heavy atom. The Balaban J connectivity index is 0.000000259. The second-order valence-corrected chi connectivity index (χ2v) is 10.6. The van der Waals surface area contributed by atoms with Gasteiger partial charge in [-0.2, -0.15) is 0 Å². The summed E-state index contributed by atoms with van der Waals surface area (Å²) in [4.78, 5) is 83.2. The van der Waals surface area contributed by atoms with Crippen LogP contribution in [0.3, 0.4) is 0 Å². The second-order valence-electron chi connectivity index (χ2n) is 10.6. The summed E-state index contributed by atoms with van der Waals surface area (Å²) in [5, 5.41) is 61.4. The van der Waals surface area contributed by atoms with Gasteiger partial charge in [-0.05, 0) is 108 Å². The lowest BCUT2D eigenvalue weighted by Gasteiger charge is -2.03. The smallest absolute Gasteiger partial charge is 0.335 e. The normalized spacial score (nSPS) is 9.87. The van der Waals surface area contributed by atoms with Gasteiger partial charge in [0.2, 0.25) is 0 Å². The van der Waals surface area contributed by atoms with E-state index in [1.807, 2.05) is 0 Å². The maximum Gasteiger partial charge on any atom is 0.335 e. The van der Waals surface area contributed by atoms with E-state index in [-0.39, 0.29) is 39.2 Å². The number of ketones is 1. The van der Waals surface area contributed by atoms with Gasteiger partial charge in [0.25, 0.3) is 0 Å². The number of carboxylic acids is 7. The first kappa shape index (κ1) is 42.2. The quantitative estimate of drug-likeness (QED) is 0.0819. The Bertz CT molecular complexity index is 2060. The molecular formula is C39H30O15. The molecule has 0 bridgehead atoms. The standard InChI is InChI=1S/C14H10O4.C12H8O4.C8H6O4.C5H6O3/c15-13(16)11-5-1-9(2-6-11)10-3-7-12(8-4-10)14(17)18;13-11(14)9-3-1-7-5-10(12(15)16)4-2-8(7)6-9;9-7(10)5-1-2-6(4-3-5)8(11)12;1-4(6)2-3-5(7)8/h1-8H,(H,15,16)(H,17,18);1-6H,(H,13,14)(H,15,16);1-4H,(H,9,10)(H,11,12);2-3H,1H3,(H,7,8)/b;;;3-2+. The second kappa shape index (κ2) is 20.0. The SMILES string of the molecule is CC(=O)/C=C/C(=O)O.O=C(O)c1ccc(-c2ccc(C(=O)O)cc2)cc1.O=C(O)c1ccc(C(=O)O)cc1.O=C(O)c1ccc2cc(C(=O)O)ccc2c1. The van der Waals surface area contributed by atoms with Crippen LogP contribution in [0.5, 0.6) is 0 Å². The lowest BCUT2D eigenvalue weighted by atomic mass is 10.0. The third-order valence-corrected chi connectivity index (χ3v) is 6.77. The van der Waals surface area contributed by atoms with Crippen molar-refractivity contribution in [1.82, 2.24) is 0 Å². The molecule has 0 heterocycles. The Kier molecular flexibility index (Phi) is 15.7. The van der Waals surface area contributed by atoms with Crippen LogP contribution in [-0.4, -0.2) is 83.3 Å². The minimum atomic E-state index is -1.10. The average Bonchev–Trinajstić information content (AvgIpc) is 3.14. The van der Waals surface area contributed by atoms with Crippen LogP contribution in [0.4, 0.5) is 0 Å². The Morgan fingerprint density at radius 2 is 0.593 bits per heavy atom. The van der Waals surface area contributed by atoms with Crippen molar-refractivity contribution >= 4 is 58.3 Å². The largest absolute Gasteiger partial charge is 0.478 e. The van der Waals surface area contributed by atoms with Gasteiger partial charge in [-0.3, -0.25) is 4.79 Å². The molecule has 15 heteroatoms. The first-order chi connectivity index (χ1) is 25.4. The minimum Gasteiger partial charge on any atom is -0.478 e. The van der Waals surface area contributed by atoms with Crippen molar-refractivity contribution < 1.29 is 74.1 Å². The molecule has 0 aliphatic rings. The predicted octanol–water partition coefficient (Wildman–Crippen LogP) is 6.29. The lowest BCUT2D eigenvalue weighted by molar-refractivity contribution is -0.131. The van der Waals surface area contributed by atoms with Crippen LogP contribution in [0, 0.1) is 0 Å².